The van der Waals surface area contributed by atoms with E-state index in [4.69, 9.17) is 5.73 Å². The van der Waals surface area contributed by atoms with Crippen molar-refractivity contribution in [1.82, 2.24) is 10.1 Å². The molecule has 0 bridgehead atoms. The Morgan fingerprint density at radius 3 is 2.75 bits per heavy atom. The summed E-state index contributed by atoms with van der Waals surface area (Å²) in [6, 6.07) is 0. The van der Waals surface area contributed by atoms with Crippen LogP contribution in [0, 0.1) is 0 Å². The van der Waals surface area contributed by atoms with E-state index in [1.807, 2.05) is 0 Å². The SMILES string of the molecule is Nc1noc(CF)n1. The Labute approximate surface area is 44.5 Å². The number of aromatic nitrogens is 2. The second kappa shape index (κ2) is 1.77. The first-order valence-corrected chi connectivity index (χ1v) is 1.97. The zero-order valence-corrected chi connectivity index (χ0v) is 3.97. The predicted octanol–water partition coefficient (Wildman–Crippen LogP) is 0.121. The van der Waals surface area contributed by atoms with Crippen molar-refractivity contribution in [2.75, 3.05) is 5.73 Å². The van der Waals surface area contributed by atoms with Crippen LogP contribution in [0.4, 0.5) is 10.3 Å². The van der Waals surface area contributed by atoms with Crippen LogP contribution < -0.4 is 5.73 Å². The molecule has 0 amide bonds. The lowest BCUT2D eigenvalue weighted by molar-refractivity contribution is 0.323. The Balaban J connectivity index is 2.84. The fourth-order valence-corrected chi connectivity index (χ4v) is 0.322. The van der Waals surface area contributed by atoms with Gasteiger partial charge in [0.25, 0.3) is 11.8 Å². The molecule has 0 aliphatic rings. The van der Waals surface area contributed by atoms with Crippen LogP contribution in [0.3, 0.4) is 0 Å². The van der Waals surface area contributed by atoms with Gasteiger partial charge in [0.05, 0.1) is 0 Å². The highest BCUT2D eigenvalue weighted by Gasteiger charge is 1.98. The van der Waals surface area contributed by atoms with Gasteiger partial charge < -0.3 is 10.3 Å². The van der Waals surface area contributed by atoms with Crippen LogP contribution in [-0.2, 0) is 6.67 Å². The average Bonchev–Trinajstić information content (AvgIpc) is 2.14. The largest absolute Gasteiger partial charge is 0.365 e. The van der Waals surface area contributed by atoms with Gasteiger partial charge in [0.1, 0.15) is 0 Å². The molecule has 0 atom stereocenters. The molecule has 0 saturated carbocycles. The van der Waals surface area contributed by atoms with Gasteiger partial charge in [-0.05, 0) is 5.16 Å². The Kier molecular flexibility index (Phi) is 1.11. The molecule has 2 N–H and O–H groups in total. The van der Waals surface area contributed by atoms with Gasteiger partial charge in [0.15, 0.2) is 6.67 Å². The number of hydrogen-bond acceptors (Lipinski definition) is 4. The van der Waals surface area contributed by atoms with E-state index in [9.17, 15) is 4.39 Å². The molecule has 0 saturated heterocycles. The van der Waals surface area contributed by atoms with Crippen molar-refractivity contribution in [1.29, 1.82) is 0 Å². The molecule has 5 heteroatoms. The monoisotopic (exact) mass is 117 g/mol. The van der Waals surface area contributed by atoms with Gasteiger partial charge in [-0.3, -0.25) is 0 Å². The minimum atomic E-state index is -0.760. The number of anilines is 1. The van der Waals surface area contributed by atoms with Crippen molar-refractivity contribution >= 4 is 5.95 Å². The molecule has 0 aromatic carbocycles. The first-order chi connectivity index (χ1) is 3.83. The van der Waals surface area contributed by atoms with Gasteiger partial charge in [-0.2, -0.15) is 4.98 Å². The number of rotatable bonds is 1. The van der Waals surface area contributed by atoms with Crippen LogP contribution in [0.25, 0.3) is 0 Å². The predicted molar refractivity (Wildman–Crippen MR) is 23.5 cm³/mol. The number of hydrogen-bond donors (Lipinski definition) is 1. The minimum absolute atomic E-state index is 0.0300. The van der Waals surface area contributed by atoms with E-state index in [1.165, 1.54) is 0 Å². The van der Waals surface area contributed by atoms with E-state index in [-0.39, 0.29) is 11.8 Å². The molecule has 0 radical (unpaired) electrons. The first-order valence-electron chi connectivity index (χ1n) is 1.97. The number of nitrogen functional groups attached to an aromatic ring is 1. The number of halogens is 1. The Morgan fingerprint density at radius 1 is 1.75 bits per heavy atom. The zero-order chi connectivity index (χ0) is 5.98. The van der Waals surface area contributed by atoms with Crippen LogP contribution >= 0.6 is 0 Å². The van der Waals surface area contributed by atoms with Gasteiger partial charge in [-0.25, -0.2) is 4.39 Å². The van der Waals surface area contributed by atoms with E-state index in [0.717, 1.165) is 0 Å². The molecule has 44 valence electrons. The minimum Gasteiger partial charge on any atom is -0.365 e. The van der Waals surface area contributed by atoms with E-state index in [2.05, 4.69) is 14.7 Å². The summed E-state index contributed by atoms with van der Waals surface area (Å²) in [7, 11) is 0. The molecule has 0 fully saturated rings. The Bertz CT molecular complexity index is 175. The maximum Gasteiger partial charge on any atom is 0.260 e. The van der Waals surface area contributed by atoms with Crippen LogP contribution in [0.2, 0.25) is 0 Å². The van der Waals surface area contributed by atoms with Crippen molar-refractivity contribution < 1.29 is 8.91 Å². The zero-order valence-electron chi connectivity index (χ0n) is 3.97. The van der Waals surface area contributed by atoms with Crippen molar-refractivity contribution in [3.63, 3.8) is 0 Å². The highest BCUT2D eigenvalue weighted by molar-refractivity contribution is 5.09. The quantitative estimate of drug-likeness (QED) is 0.567. The molecule has 8 heavy (non-hydrogen) atoms. The van der Waals surface area contributed by atoms with Crippen molar-refractivity contribution in [3.8, 4) is 0 Å². The summed E-state index contributed by atoms with van der Waals surface area (Å²) in [6.45, 7) is -0.760. The Morgan fingerprint density at radius 2 is 2.50 bits per heavy atom. The third-order valence-electron chi connectivity index (χ3n) is 0.598. The second-order valence-corrected chi connectivity index (χ2v) is 1.18. The number of alkyl halides is 1. The Hall–Kier alpha value is -1.13. The lowest BCUT2D eigenvalue weighted by atomic mass is 10.7. The topological polar surface area (TPSA) is 64.9 Å². The smallest absolute Gasteiger partial charge is 0.260 e. The third kappa shape index (κ3) is 0.749. The van der Waals surface area contributed by atoms with Crippen LogP contribution in [0.1, 0.15) is 5.89 Å². The molecule has 1 heterocycles. The molecule has 0 unspecified atom stereocenters. The highest BCUT2D eigenvalue weighted by atomic mass is 19.1. The molecule has 1 aromatic heterocycles. The van der Waals surface area contributed by atoms with Crippen LogP contribution in [0.15, 0.2) is 4.52 Å². The van der Waals surface area contributed by atoms with Gasteiger partial charge in [0, 0.05) is 0 Å². The van der Waals surface area contributed by atoms with Crippen molar-refractivity contribution in [3.05, 3.63) is 5.89 Å². The summed E-state index contributed by atoms with van der Waals surface area (Å²) in [6.07, 6.45) is 0. The normalized spacial score (nSPS) is 9.62. The first kappa shape index (κ1) is 5.02. The van der Waals surface area contributed by atoms with E-state index < -0.39 is 6.67 Å². The molecule has 0 spiro atoms. The maximum absolute atomic E-state index is 11.5. The third-order valence-corrected chi connectivity index (χ3v) is 0.598. The van der Waals surface area contributed by atoms with Crippen molar-refractivity contribution in [2.24, 2.45) is 0 Å². The molecular formula is C3H4FN3O. The standard InChI is InChI=1S/C3H4FN3O/c4-1-2-6-3(5)7-8-2/h1H2,(H2,5,7). The van der Waals surface area contributed by atoms with E-state index >= 15 is 0 Å². The molecule has 1 rings (SSSR count). The lowest BCUT2D eigenvalue weighted by Crippen LogP contribution is -1.85. The molecule has 0 aliphatic carbocycles. The summed E-state index contributed by atoms with van der Waals surface area (Å²) in [5.74, 6) is -0.111. The van der Waals surface area contributed by atoms with Gasteiger partial charge in [0.2, 0.25) is 0 Å². The van der Waals surface area contributed by atoms with Crippen LogP contribution in [0.5, 0.6) is 0 Å². The molecule has 0 aliphatic heterocycles. The van der Waals surface area contributed by atoms with Gasteiger partial charge >= 0.3 is 0 Å². The average molecular weight is 117 g/mol. The van der Waals surface area contributed by atoms with Gasteiger partial charge in [-0.1, -0.05) is 0 Å². The van der Waals surface area contributed by atoms with E-state index in [0.29, 0.717) is 0 Å². The fraction of sp³-hybridized carbons (Fsp3) is 0.333. The van der Waals surface area contributed by atoms with Crippen LogP contribution in [-0.4, -0.2) is 10.1 Å². The summed E-state index contributed by atoms with van der Waals surface area (Å²) in [5.41, 5.74) is 4.97. The summed E-state index contributed by atoms with van der Waals surface area (Å²) in [5, 5.41) is 3.14. The number of nitrogens with zero attached hydrogens (tertiary/aromatic N) is 2. The fourth-order valence-electron chi connectivity index (χ4n) is 0.322. The van der Waals surface area contributed by atoms with E-state index in [1.54, 1.807) is 0 Å². The molecular weight excluding hydrogens is 113 g/mol. The lowest BCUT2D eigenvalue weighted by Gasteiger charge is -1.72. The molecule has 4 nitrogen and oxygen atoms in total. The van der Waals surface area contributed by atoms with Crippen molar-refractivity contribution in [2.45, 2.75) is 6.67 Å². The molecule has 1 aromatic rings. The summed E-state index contributed by atoms with van der Waals surface area (Å²) >= 11 is 0. The second-order valence-electron chi connectivity index (χ2n) is 1.18. The highest BCUT2D eigenvalue weighted by Crippen LogP contribution is 1.97. The van der Waals surface area contributed by atoms with Gasteiger partial charge in [-0.15, -0.1) is 0 Å². The maximum atomic E-state index is 11.5. The number of nitrogens with two attached hydrogens (primary N) is 1. The summed E-state index contributed by atoms with van der Waals surface area (Å²) in [4.78, 5) is 3.35. The summed E-state index contributed by atoms with van der Waals surface area (Å²) < 4.78 is 15.7.